The van der Waals surface area contributed by atoms with Crippen molar-refractivity contribution < 1.29 is 37.8 Å². The molecule has 3 N–H and O–H groups in total. The maximum Gasteiger partial charge on any atom is 0.490 e. The van der Waals surface area contributed by atoms with Crippen molar-refractivity contribution in [2.24, 2.45) is 0 Å². The highest BCUT2D eigenvalue weighted by molar-refractivity contribution is 6.06. The number of nitrogens with zero attached hydrogens (tertiary/aromatic N) is 1. The van der Waals surface area contributed by atoms with Crippen molar-refractivity contribution in [1.82, 2.24) is 0 Å². The van der Waals surface area contributed by atoms with Crippen molar-refractivity contribution in [3.05, 3.63) is 95.1 Å². The maximum absolute atomic E-state index is 12.6. The summed E-state index contributed by atoms with van der Waals surface area (Å²) in [4.78, 5) is 35.4. The summed E-state index contributed by atoms with van der Waals surface area (Å²) < 4.78 is 31.7. The Labute approximate surface area is 205 Å². The van der Waals surface area contributed by atoms with Crippen LogP contribution < -0.4 is 10.2 Å². The molecule has 0 heterocycles. The summed E-state index contributed by atoms with van der Waals surface area (Å²) in [5, 5.41) is 19.7. The molecule has 0 fully saturated rings. The van der Waals surface area contributed by atoms with Gasteiger partial charge in [0.05, 0.1) is 11.3 Å². The number of rotatable bonds is 7. The summed E-state index contributed by atoms with van der Waals surface area (Å²) in [6, 6.07) is 22.2. The Bertz CT molecular complexity index is 1210. The Morgan fingerprint density at radius 3 is 2.00 bits per heavy atom. The van der Waals surface area contributed by atoms with Crippen LogP contribution in [0.25, 0.3) is 0 Å². The number of hydrogen-bond acceptors (Lipinski definition) is 4. The first kappa shape index (κ1) is 27.9. The minimum atomic E-state index is -5.08. The normalized spacial score (nSPS) is 10.6. The molecule has 0 spiro atoms. The number of aryl methyl sites for hydroxylation is 1. The molecule has 3 aromatic carbocycles. The largest absolute Gasteiger partial charge is 0.490 e. The Morgan fingerprint density at radius 1 is 0.889 bits per heavy atom. The molecule has 0 unspecified atom stereocenters. The highest BCUT2D eigenvalue weighted by Crippen LogP contribution is 2.26. The molecule has 10 heteroatoms. The van der Waals surface area contributed by atoms with Gasteiger partial charge in [-0.05, 0) is 49.2 Å². The van der Waals surface area contributed by atoms with Gasteiger partial charge < -0.3 is 20.4 Å². The molecule has 190 valence electrons. The molecule has 0 aromatic heterocycles. The molecule has 1 amide bonds. The van der Waals surface area contributed by atoms with Gasteiger partial charge in [-0.15, -0.1) is 0 Å². The predicted molar refractivity (Wildman–Crippen MR) is 129 cm³/mol. The lowest BCUT2D eigenvalue weighted by molar-refractivity contribution is -0.192. The van der Waals surface area contributed by atoms with Gasteiger partial charge >= 0.3 is 18.1 Å². The molecule has 0 saturated heterocycles. The Balaban J connectivity index is 0.000000572. The van der Waals surface area contributed by atoms with Gasteiger partial charge in [0.2, 0.25) is 0 Å². The van der Waals surface area contributed by atoms with Crippen LogP contribution in [0, 0.1) is 6.92 Å². The Morgan fingerprint density at radius 2 is 1.47 bits per heavy atom. The van der Waals surface area contributed by atoms with Crippen molar-refractivity contribution in [1.29, 1.82) is 0 Å². The number of hydrogen-bond donors (Lipinski definition) is 3. The second-order valence-corrected chi connectivity index (χ2v) is 7.61. The fraction of sp³-hybridized carbons (Fsp3) is 0.192. The standard InChI is InChI=1S/C24H24N2O3.C2HF3O2/c1-3-26(16-18-10-5-4-6-11-18)22-14-13-19(15-21(22)24(28)29)25-23(27)20-12-8-7-9-17(20)2;3-2(4,5)1(6)7/h4-15H,3,16H2,1-2H3,(H,25,27)(H,28,29);(H,6,7). The Hall–Kier alpha value is -4.34. The molecule has 0 saturated carbocycles. The van der Waals surface area contributed by atoms with E-state index in [2.05, 4.69) is 5.32 Å². The number of carbonyl (C=O) groups excluding carboxylic acids is 1. The van der Waals surface area contributed by atoms with Crippen molar-refractivity contribution in [2.75, 3.05) is 16.8 Å². The fourth-order valence-corrected chi connectivity index (χ4v) is 3.26. The molecule has 0 aliphatic rings. The van der Waals surface area contributed by atoms with Crippen LogP contribution in [0.2, 0.25) is 0 Å². The van der Waals surface area contributed by atoms with Gasteiger partial charge in [0.1, 0.15) is 0 Å². The van der Waals surface area contributed by atoms with E-state index in [4.69, 9.17) is 9.90 Å². The third-order valence-electron chi connectivity index (χ3n) is 5.06. The smallest absolute Gasteiger partial charge is 0.478 e. The number of amides is 1. The lowest BCUT2D eigenvalue weighted by atomic mass is 10.1. The van der Waals surface area contributed by atoms with Crippen LogP contribution in [0.1, 0.15) is 38.8 Å². The molecule has 0 aliphatic carbocycles. The van der Waals surface area contributed by atoms with Gasteiger partial charge in [0.15, 0.2) is 0 Å². The first-order valence-electron chi connectivity index (χ1n) is 10.8. The van der Waals surface area contributed by atoms with E-state index in [1.54, 1.807) is 24.3 Å². The van der Waals surface area contributed by atoms with Crippen LogP contribution in [0.3, 0.4) is 0 Å². The van der Waals surface area contributed by atoms with Crippen LogP contribution in [-0.4, -0.2) is 40.8 Å². The number of anilines is 2. The molecular formula is C26H25F3N2O5. The number of carboxylic acid groups (broad SMARTS) is 2. The number of halogens is 3. The lowest BCUT2D eigenvalue weighted by Gasteiger charge is -2.25. The van der Waals surface area contributed by atoms with Gasteiger partial charge in [-0.3, -0.25) is 4.79 Å². The topological polar surface area (TPSA) is 107 Å². The number of carboxylic acids is 2. The molecule has 36 heavy (non-hydrogen) atoms. The average molecular weight is 502 g/mol. The van der Waals surface area contributed by atoms with Crippen LogP contribution in [0.5, 0.6) is 0 Å². The van der Waals surface area contributed by atoms with Crippen LogP contribution >= 0.6 is 0 Å². The molecule has 3 rings (SSSR count). The van der Waals surface area contributed by atoms with E-state index in [-0.39, 0.29) is 11.5 Å². The van der Waals surface area contributed by atoms with Gasteiger partial charge in [0.25, 0.3) is 5.91 Å². The first-order valence-corrected chi connectivity index (χ1v) is 10.8. The van der Waals surface area contributed by atoms with Crippen molar-refractivity contribution in [2.45, 2.75) is 26.6 Å². The molecular weight excluding hydrogens is 477 g/mol. The quantitative estimate of drug-likeness (QED) is 0.388. The van der Waals surface area contributed by atoms with Crippen LogP contribution in [-0.2, 0) is 11.3 Å². The molecule has 0 radical (unpaired) electrons. The minimum absolute atomic E-state index is 0.158. The number of aliphatic carboxylic acids is 1. The highest BCUT2D eigenvalue weighted by atomic mass is 19.4. The molecule has 0 aliphatic heterocycles. The summed E-state index contributed by atoms with van der Waals surface area (Å²) in [6.07, 6.45) is -5.08. The summed E-state index contributed by atoms with van der Waals surface area (Å²) in [5.41, 5.74) is 3.76. The third-order valence-corrected chi connectivity index (χ3v) is 5.06. The second-order valence-electron chi connectivity index (χ2n) is 7.61. The summed E-state index contributed by atoms with van der Waals surface area (Å²) in [6.45, 7) is 5.11. The van der Waals surface area contributed by atoms with Gasteiger partial charge in [-0.25, -0.2) is 9.59 Å². The summed E-state index contributed by atoms with van der Waals surface area (Å²) >= 11 is 0. The zero-order valence-corrected chi connectivity index (χ0v) is 19.5. The van der Waals surface area contributed by atoms with E-state index in [1.165, 1.54) is 6.07 Å². The highest BCUT2D eigenvalue weighted by Gasteiger charge is 2.38. The van der Waals surface area contributed by atoms with E-state index >= 15 is 0 Å². The van der Waals surface area contributed by atoms with Gasteiger partial charge in [-0.2, -0.15) is 13.2 Å². The Kier molecular flexibility index (Phi) is 9.60. The monoisotopic (exact) mass is 502 g/mol. The number of nitrogens with one attached hydrogen (secondary N) is 1. The fourth-order valence-electron chi connectivity index (χ4n) is 3.26. The maximum atomic E-state index is 12.6. The number of carbonyl (C=O) groups is 3. The summed E-state index contributed by atoms with van der Waals surface area (Å²) in [5.74, 6) is -4.05. The second kappa shape index (κ2) is 12.4. The zero-order chi connectivity index (χ0) is 26.9. The van der Waals surface area contributed by atoms with Crippen molar-refractivity contribution >= 4 is 29.2 Å². The number of aromatic carboxylic acids is 1. The van der Waals surface area contributed by atoms with Gasteiger partial charge in [0, 0.05) is 24.3 Å². The van der Waals surface area contributed by atoms with E-state index in [0.717, 1.165) is 11.1 Å². The lowest BCUT2D eigenvalue weighted by Crippen LogP contribution is -2.24. The van der Waals surface area contributed by atoms with E-state index in [1.807, 2.05) is 61.2 Å². The van der Waals surface area contributed by atoms with Crippen molar-refractivity contribution in [3.8, 4) is 0 Å². The molecule has 0 atom stereocenters. The molecule has 3 aromatic rings. The molecule has 0 bridgehead atoms. The van der Waals surface area contributed by atoms with Crippen LogP contribution in [0.15, 0.2) is 72.8 Å². The van der Waals surface area contributed by atoms with E-state index in [9.17, 15) is 27.9 Å². The van der Waals surface area contributed by atoms with Crippen LogP contribution in [0.4, 0.5) is 24.5 Å². The van der Waals surface area contributed by atoms with E-state index in [0.29, 0.717) is 30.0 Å². The SMILES string of the molecule is CCN(Cc1ccccc1)c1ccc(NC(=O)c2ccccc2C)cc1C(=O)O.O=C(O)C(F)(F)F. The molecule has 7 nitrogen and oxygen atoms in total. The summed E-state index contributed by atoms with van der Waals surface area (Å²) in [7, 11) is 0. The number of benzene rings is 3. The van der Waals surface area contributed by atoms with E-state index < -0.39 is 18.1 Å². The predicted octanol–water partition coefficient (Wildman–Crippen LogP) is 5.61. The third kappa shape index (κ3) is 7.86. The first-order chi connectivity index (χ1) is 16.9. The zero-order valence-electron chi connectivity index (χ0n) is 19.5. The van der Waals surface area contributed by atoms with Crippen molar-refractivity contribution in [3.63, 3.8) is 0 Å². The average Bonchev–Trinajstić information content (AvgIpc) is 2.83. The number of alkyl halides is 3. The van der Waals surface area contributed by atoms with Gasteiger partial charge in [-0.1, -0.05) is 48.5 Å². The minimum Gasteiger partial charge on any atom is -0.478 e.